The molecular formula is C13H16ClN3O3S. The Kier molecular flexibility index (Phi) is 4.15. The van der Waals surface area contributed by atoms with Crippen LogP contribution >= 0.6 is 11.6 Å². The number of rotatable bonds is 4. The van der Waals surface area contributed by atoms with Crippen LogP contribution in [-0.2, 0) is 10.0 Å². The molecule has 6 nitrogen and oxygen atoms in total. The van der Waals surface area contributed by atoms with Crippen molar-refractivity contribution >= 4 is 27.3 Å². The highest BCUT2D eigenvalue weighted by Gasteiger charge is 2.24. The zero-order valence-corrected chi connectivity index (χ0v) is 13.7. The topological polar surface area (TPSA) is 84.1 Å². The van der Waals surface area contributed by atoms with Crippen LogP contribution in [0, 0.1) is 20.8 Å². The number of halogens is 1. The van der Waals surface area contributed by atoms with Crippen LogP contribution in [0.3, 0.4) is 0 Å². The molecule has 1 aromatic carbocycles. The van der Waals surface area contributed by atoms with Crippen molar-refractivity contribution in [1.82, 2.24) is 10.2 Å². The molecule has 0 saturated heterocycles. The van der Waals surface area contributed by atoms with Crippen molar-refractivity contribution < 1.29 is 13.2 Å². The molecule has 0 bridgehead atoms. The van der Waals surface area contributed by atoms with Crippen molar-refractivity contribution in [2.45, 2.75) is 25.7 Å². The van der Waals surface area contributed by atoms with Crippen molar-refractivity contribution in [1.29, 1.82) is 0 Å². The van der Waals surface area contributed by atoms with E-state index in [1.165, 1.54) is 13.2 Å². The first kappa shape index (κ1) is 15.7. The maximum atomic E-state index is 12.5. The molecule has 0 unspecified atom stereocenters. The number of nitrogens with one attached hydrogen (secondary N) is 2. The van der Waals surface area contributed by atoms with Gasteiger partial charge in [-0.2, -0.15) is 5.10 Å². The van der Waals surface area contributed by atoms with E-state index in [9.17, 15) is 8.42 Å². The van der Waals surface area contributed by atoms with Crippen LogP contribution < -0.4 is 9.46 Å². The van der Waals surface area contributed by atoms with Crippen molar-refractivity contribution in [2.24, 2.45) is 0 Å². The minimum atomic E-state index is -3.78. The van der Waals surface area contributed by atoms with Gasteiger partial charge in [0.2, 0.25) is 0 Å². The van der Waals surface area contributed by atoms with Gasteiger partial charge in [0.05, 0.1) is 24.2 Å². The summed E-state index contributed by atoms with van der Waals surface area (Å²) in [4.78, 5) is 0.126. The van der Waals surface area contributed by atoms with Gasteiger partial charge in [0.15, 0.2) is 0 Å². The van der Waals surface area contributed by atoms with E-state index in [1.54, 1.807) is 19.9 Å². The average molecular weight is 330 g/mol. The Hall–Kier alpha value is -1.73. The fourth-order valence-corrected chi connectivity index (χ4v) is 3.63. The molecule has 0 aliphatic rings. The molecule has 1 aromatic heterocycles. The van der Waals surface area contributed by atoms with Gasteiger partial charge in [-0.25, -0.2) is 8.42 Å². The highest BCUT2D eigenvalue weighted by atomic mass is 35.5. The largest absolute Gasteiger partial charge is 0.495 e. The van der Waals surface area contributed by atoms with E-state index < -0.39 is 10.0 Å². The summed E-state index contributed by atoms with van der Waals surface area (Å²) in [6.45, 7) is 5.08. The van der Waals surface area contributed by atoms with Gasteiger partial charge in [0.1, 0.15) is 10.6 Å². The Morgan fingerprint density at radius 1 is 1.29 bits per heavy atom. The van der Waals surface area contributed by atoms with E-state index in [2.05, 4.69) is 14.9 Å². The molecule has 21 heavy (non-hydrogen) atoms. The number of methoxy groups -OCH3 is 1. The molecule has 0 amide bonds. The smallest absolute Gasteiger partial charge is 0.265 e. The normalized spacial score (nSPS) is 11.5. The maximum Gasteiger partial charge on any atom is 0.265 e. The van der Waals surface area contributed by atoms with Crippen molar-refractivity contribution in [3.05, 3.63) is 34.1 Å². The Morgan fingerprint density at radius 2 is 1.95 bits per heavy atom. The Balaban J connectivity index is 2.49. The number of ether oxygens (including phenoxy) is 1. The summed E-state index contributed by atoms with van der Waals surface area (Å²) in [6.07, 6.45) is 0. The lowest BCUT2D eigenvalue weighted by molar-refractivity contribution is 0.416. The highest BCUT2D eigenvalue weighted by Crippen LogP contribution is 2.33. The molecule has 0 atom stereocenters. The lowest BCUT2D eigenvalue weighted by atomic mass is 10.2. The predicted octanol–water partition coefficient (Wildman–Crippen LogP) is 2.80. The summed E-state index contributed by atoms with van der Waals surface area (Å²) in [7, 11) is -2.31. The summed E-state index contributed by atoms with van der Waals surface area (Å²) in [5, 5.41) is 7.00. The summed E-state index contributed by atoms with van der Waals surface area (Å²) in [6, 6.07) is 3.20. The quantitative estimate of drug-likeness (QED) is 0.903. The second kappa shape index (κ2) is 5.57. The number of H-pyrrole nitrogens is 1. The van der Waals surface area contributed by atoms with Gasteiger partial charge < -0.3 is 4.74 Å². The molecule has 1 heterocycles. The molecule has 114 valence electrons. The zero-order chi connectivity index (χ0) is 15.8. The van der Waals surface area contributed by atoms with Crippen LogP contribution in [0.2, 0.25) is 5.02 Å². The number of anilines is 1. The number of benzene rings is 1. The van der Waals surface area contributed by atoms with Crippen LogP contribution in [0.5, 0.6) is 5.75 Å². The van der Waals surface area contributed by atoms with Crippen LogP contribution in [-0.4, -0.2) is 25.7 Å². The number of aromatic amines is 1. The molecule has 0 aliphatic carbocycles. The Labute approximate surface area is 128 Å². The standard InChI is InChI=1S/C13H16ClN3O3S/c1-7-5-12(20-4)11(6-10(7)14)17-21(18,19)13-8(2)15-16-9(13)3/h5-6,17H,1-4H3,(H,15,16). The van der Waals surface area contributed by atoms with E-state index in [4.69, 9.17) is 16.3 Å². The Morgan fingerprint density at radius 3 is 2.48 bits per heavy atom. The lowest BCUT2D eigenvalue weighted by Gasteiger charge is -2.13. The van der Waals surface area contributed by atoms with E-state index in [-0.39, 0.29) is 10.6 Å². The number of hydrogen-bond donors (Lipinski definition) is 2. The molecular weight excluding hydrogens is 314 g/mol. The summed E-state index contributed by atoms with van der Waals surface area (Å²) >= 11 is 6.05. The number of aromatic nitrogens is 2. The van der Waals surface area contributed by atoms with E-state index in [0.29, 0.717) is 22.2 Å². The fraction of sp³-hybridized carbons (Fsp3) is 0.308. The van der Waals surface area contributed by atoms with Gasteiger partial charge in [0, 0.05) is 5.02 Å². The first-order chi connectivity index (χ1) is 9.76. The molecule has 0 radical (unpaired) electrons. The van der Waals surface area contributed by atoms with E-state index in [0.717, 1.165) is 5.56 Å². The van der Waals surface area contributed by atoms with Gasteiger partial charge in [-0.15, -0.1) is 0 Å². The monoisotopic (exact) mass is 329 g/mol. The minimum absolute atomic E-state index is 0.126. The number of hydrogen-bond acceptors (Lipinski definition) is 4. The van der Waals surface area contributed by atoms with Crippen molar-refractivity contribution in [2.75, 3.05) is 11.8 Å². The fourth-order valence-electron chi connectivity index (χ4n) is 2.04. The molecule has 2 N–H and O–H groups in total. The van der Waals surface area contributed by atoms with Gasteiger partial charge in [0.25, 0.3) is 10.0 Å². The first-order valence-corrected chi connectivity index (χ1v) is 8.01. The van der Waals surface area contributed by atoms with E-state index in [1.807, 2.05) is 6.92 Å². The molecule has 2 rings (SSSR count). The minimum Gasteiger partial charge on any atom is -0.495 e. The van der Waals surface area contributed by atoms with Crippen molar-refractivity contribution in [3.63, 3.8) is 0 Å². The lowest BCUT2D eigenvalue weighted by Crippen LogP contribution is -2.15. The second-order valence-corrected chi connectivity index (χ2v) is 6.70. The SMILES string of the molecule is COc1cc(C)c(Cl)cc1NS(=O)(=O)c1c(C)n[nH]c1C. The predicted molar refractivity (Wildman–Crippen MR) is 81.6 cm³/mol. The highest BCUT2D eigenvalue weighted by molar-refractivity contribution is 7.92. The molecule has 0 aliphatic heterocycles. The molecule has 0 fully saturated rings. The van der Waals surface area contributed by atoms with Gasteiger partial charge in [-0.05, 0) is 38.5 Å². The summed E-state index contributed by atoms with van der Waals surface area (Å²) < 4.78 is 32.7. The molecule has 0 spiro atoms. The third kappa shape index (κ3) is 2.98. The van der Waals surface area contributed by atoms with Crippen LogP contribution in [0.1, 0.15) is 17.0 Å². The molecule has 0 saturated carbocycles. The summed E-state index contributed by atoms with van der Waals surface area (Å²) in [5.41, 5.74) is 1.95. The average Bonchev–Trinajstić information content (AvgIpc) is 2.73. The first-order valence-electron chi connectivity index (χ1n) is 6.14. The number of aryl methyl sites for hydroxylation is 3. The third-order valence-electron chi connectivity index (χ3n) is 3.05. The number of sulfonamides is 1. The van der Waals surface area contributed by atoms with Crippen molar-refractivity contribution in [3.8, 4) is 5.75 Å². The third-order valence-corrected chi connectivity index (χ3v) is 5.09. The van der Waals surface area contributed by atoms with Crippen LogP contribution in [0.15, 0.2) is 17.0 Å². The van der Waals surface area contributed by atoms with Crippen LogP contribution in [0.4, 0.5) is 5.69 Å². The van der Waals surface area contributed by atoms with Crippen LogP contribution in [0.25, 0.3) is 0 Å². The zero-order valence-electron chi connectivity index (χ0n) is 12.1. The molecule has 8 heteroatoms. The van der Waals surface area contributed by atoms with Gasteiger partial charge >= 0.3 is 0 Å². The van der Waals surface area contributed by atoms with E-state index >= 15 is 0 Å². The van der Waals surface area contributed by atoms with Gasteiger partial charge in [-0.3, -0.25) is 9.82 Å². The number of nitrogens with zero attached hydrogens (tertiary/aromatic N) is 1. The summed E-state index contributed by atoms with van der Waals surface area (Å²) in [5.74, 6) is 0.402. The maximum absolute atomic E-state index is 12.5. The molecule has 2 aromatic rings. The Bertz CT molecular complexity index is 765. The van der Waals surface area contributed by atoms with Gasteiger partial charge in [-0.1, -0.05) is 11.6 Å². The second-order valence-electron chi connectivity index (χ2n) is 4.67.